The van der Waals surface area contributed by atoms with Crippen molar-refractivity contribution in [2.45, 2.75) is 12.5 Å². The van der Waals surface area contributed by atoms with Gasteiger partial charge in [0.05, 0.1) is 7.11 Å². The highest BCUT2D eigenvalue weighted by Crippen LogP contribution is 2.28. The van der Waals surface area contributed by atoms with Gasteiger partial charge in [-0.2, -0.15) is 0 Å². The maximum absolute atomic E-state index is 5.13. The van der Waals surface area contributed by atoms with Gasteiger partial charge in [-0.3, -0.25) is 0 Å². The van der Waals surface area contributed by atoms with Gasteiger partial charge in [0.15, 0.2) is 0 Å². The number of likely N-dealkylation sites (N-methyl/N-ethyl adjacent to an activating group) is 1. The van der Waals surface area contributed by atoms with E-state index in [-0.39, 0.29) is 6.04 Å². The first kappa shape index (κ1) is 15.4. The van der Waals surface area contributed by atoms with Crippen molar-refractivity contribution in [3.63, 3.8) is 0 Å². The summed E-state index contributed by atoms with van der Waals surface area (Å²) >= 11 is 7.10. The lowest BCUT2D eigenvalue weighted by molar-refractivity contribution is 0.395. The maximum atomic E-state index is 5.13. The van der Waals surface area contributed by atoms with Crippen LogP contribution in [0, 0.1) is 0 Å². The van der Waals surface area contributed by atoms with Crippen molar-refractivity contribution in [3.05, 3.63) is 50.8 Å². The first-order chi connectivity index (χ1) is 9.63. The largest absolute Gasteiger partial charge is 0.481 e. The molecule has 1 N–H and O–H groups in total. The minimum absolute atomic E-state index is 0.154. The summed E-state index contributed by atoms with van der Waals surface area (Å²) in [5, 5.41) is 3.32. The van der Waals surface area contributed by atoms with Crippen LogP contribution >= 0.6 is 31.9 Å². The highest BCUT2D eigenvalue weighted by Gasteiger charge is 2.15. The van der Waals surface area contributed by atoms with E-state index in [4.69, 9.17) is 4.74 Å². The average molecular weight is 401 g/mol. The third-order valence-electron chi connectivity index (χ3n) is 3.00. The van der Waals surface area contributed by atoms with Crippen LogP contribution in [0.4, 0.5) is 0 Å². The molecule has 0 amide bonds. The molecule has 0 bridgehead atoms. The molecule has 1 unspecified atom stereocenters. The molecule has 0 radical (unpaired) electrons. The Morgan fingerprint density at radius 2 is 2.05 bits per heavy atom. The molecule has 0 saturated heterocycles. The Bertz CT molecular complexity index is 592. The van der Waals surface area contributed by atoms with Gasteiger partial charge >= 0.3 is 0 Å². The summed E-state index contributed by atoms with van der Waals surface area (Å²) in [6, 6.07) is 8.15. The van der Waals surface area contributed by atoms with Crippen molar-refractivity contribution in [2.75, 3.05) is 14.2 Å². The monoisotopic (exact) mass is 399 g/mol. The molecule has 106 valence electrons. The van der Waals surface area contributed by atoms with E-state index >= 15 is 0 Å². The first-order valence-corrected chi connectivity index (χ1v) is 7.69. The Balaban J connectivity index is 2.26. The van der Waals surface area contributed by atoms with Gasteiger partial charge in [-0.15, -0.1) is 0 Å². The van der Waals surface area contributed by atoms with Crippen molar-refractivity contribution in [1.29, 1.82) is 0 Å². The van der Waals surface area contributed by atoms with Gasteiger partial charge in [-0.25, -0.2) is 9.97 Å². The van der Waals surface area contributed by atoms with Crippen LogP contribution in [0.1, 0.15) is 17.3 Å². The summed E-state index contributed by atoms with van der Waals surface area (Å²) in [5.74, 6) is 0.582. The summed E-state index contributed by atoms with van der Waals surface area (Å²) in [7, 11) is 3.54. The fourth-order valence-electron chi connectivity index (χ4n) is 1.96. The summed E-state index contributed by atoms with van der Waals surface area (Å²) in [6.45, 7) is 0. The zero-order valence-corrected chi connectivity index (χ0v) is 14.4. The molecule has 1 heterocycles. The Morgan fingerprint density at radius 1 is 1.25 bits per heavy atom. The maximum Gasteiger partial charge on any atom is 0.216 e. The minimum atomic E-state index is 0.154. The van der Waals surface area contributed by atoms with E-state index in [9.17, 15) is 0 Å². The average Bonchev–Trinajstić information content (AvgIpc) is 2.47. The van der Waals surface area contributed by atoms with Crippen LogP contribution in [-0.4, -0.2) is 24.1 Å². The van der Waals surface area contributed by atoms with E-state index < -0.39 is 0 Å². The summed E-state index contributed by atoms with van der Waals surface area (Å²) in [4.78, 5) is 8.32. The second kappa shape index (κ2) is 7.15. The minimum Gasteiger partial charge on any atom is -0.481 e. The summed E-state index contributed by atoms with van der Waals surface area (Å²) in [6.07, 6.45) is 2.28. The van der Waals surface area contributed by atoms with Gasteiger partial charge in [0.25, 0.3) is 0 Å². The molecule has 4 nitrogen and oxygen atoms in total. The number of ether oxygens (including phenoxy) is 1. The van der Waals surface area contributed by atoms with Crippen molar-refractivity contribution in [1.82, 2.24) is 15.3 Å². The standard InChI is InChI=1S/C14H15Br2N3O/c1-17-13(11-5-9(15)3-4-12(11)16)6-10-7-14(20-2)19-8-18-10/h3-5,7-8,13,17H,6H2,1-2H3. The molecule has 6 heteroatoms. The summed E-state index contributed by atoms with van der Waals surface area (Å²) in [5.41, 5.74) is 2.11. The molecular formula is C14H15Br2N3O. The lowest BCUT2D eigenvalue weighted by Crippen LogP contribution is -2.20. The van der Waals surface area contributed by atoms with Gasteiger partial charge < -0.3 is 10.1 Å². The zero-order chi connectivity index (χ0) is 14.5. The van der Waals surface area contributed by atoms with E-state index in [1.165, 1.54) is 11.9 Å². The number of hydrogen-bond donors (Lipinski definition) is 1. The molecule has 1 aromatic heterocycles. The lowest BCUT2D eigenvalue weighted by Gasteiger charge is -2.18. The van der Waals surface area contributed by atoms with E-state index in [1.54, 1.807) is 7.11 Å². The molecule has 1 aromatic carbocycles. The molecule has 2 aromatic rings. The zero-order valence-electron chi connectivity index (χ0n) is 11.2. The third kappa shape index (κ3) is 3.77. The van der Waals surface area contributed by atoms with Crippen LogP contribution in [0.25, 0.3) is 0 Å². The Hall–Kier alpha value is -0.980. The van der Waals surface area contributed by atoms with Gasteiger partial charge in [-0.1, -0.05) is 31.9 Å². The highest BCUT2D eigenvalue weighted by molar-refractivity contribution is 9.11. The lowest BCUT2D eigenvalue weighted by atomic mass is 10.0. The molecule has 0 saturated carbocycles. The van der Waals surface area contributed by atoms with Gasteiger partial charge in [0.1, 0.15) is 6.33 Å². The van der Waals surface area contributed by atoms with Crippen LogP contribution in [0.5, 0.6) is 5.88 Å². The topological polar surface area (TPSA) is 47.0 Å². The molecule has 2 rings (SSSR count). The number of rotatable bonds is 5. The van der Waals surface area contributed by atoms with Crippen LogP contribution in [0.3, 0.4) is 0 Å². The highest BCUT2D eigenvalue weighted by atomic mass is 79.9. The smallest absolute Gasteiger partial charge is 0.216 e. The van der Waals surface area contributed by atoms with Crippen molar-refractivity contribution >= 4 is 31.9 Å². The molecule has 0 aliphatic heterocycles. The number of methoxy groups -OCH3 is 1. The number of halogens is 2. The van der Waals surface area contributed by atoms with Gasteiger partial charge in [0, 0.05) is 33.2 Å². The van der Waals surface area contributed by atoms with Crippen molar-refractivity contribution in [3.8, 4) is 5.88 Å². The van der Waals surface area contributed by atoms with E-state index in [0.29, 0.717) is 5.88 Å². The molecule has 20 heavy (non-hydrogen) atoms. The van der Waals surface area contributed by atoms with Crippen molar-refractivity contribution < 1.29 is 4.74 Å². The quantitative estimate of drug-likeness (QED) is 0.834. The summed E-state index contributed by atoms with van der Waals surface area (Å²) < 4.78 is 7.25. The predicted molar refractivity (Wildman–Crippen MR) is 85.9 cm³/mol. The Morgan fingerprint density at radius 3 is 2.75 bits per heavy atom. The fraction of sp³-hybridized carbons (Fsp3) is 0.286. The Kier molecular flexibility index (Phi) is 5.51. The SMILES string of the molecule is CNC(Cc1cc(OC)ncn1)c1cc(Br)ccc1Br. The van der Waals surface area contributed by atoms with Crippen LogP contribution < -0.4 is 10.1 Å². The molecule has 0 aliphatic rings. The van der Waals surface area contributed by atoms with Crippen molar-refractivity contribution in [2.24, 2.45) is 0 Å². The number of benzene rings is 1. The molecule has 0 fully saturated rings. The van der Waals surface area contributed by atoms with Gasteiger partial charge in [-0.05, 0) is 30.8 Å². The Labute approximate surface area is 135 Å². The number of nitrogens with one attached hydrogen (secondary N) is 1. The van der Waals surface area contributed by atoms with E-state index in [0.717, 1.165) is 21.1 Å². The third-order valence-corrected chi connectivity index (χ3v) is 4.22. The molecular weight excluding hydrogens is 386 g/mol. The predicted octanol–water partition coefficient (Wildman–Crippen LogP) is 3.51. The second-order valence-electron chi connectivity index (χ2n) is 4.26. The van der Waals surface area contributed by atoms with Crippen LogP contribution in [0.15, 0.2) is 39.5 Å². The van der Waals surface area contributed by atoms with Gasteiger partial charge in [0.2, 0.25) is 5.88 Å². The second-order valence-corrected chi connectivity index (χ2v) is 6.03. The van der Waals surface area contributed by atoms with E-state index in [1.807, 2.05) is 25.2 Å². The normalized spacial score (nSPS) is 12.2. The number of hydrogen-bond acceptors (Lipinski definition) is 4. The van der Waals surface area contributed by atoms with Crippen LogP contribution in [-0.2, 0) is 6.42 Å². The molecule has 1 atom stereocenters. The fourth-order valence-corrected chi connectivity index (χ4v) is 2.86. The first-order valence-electron chi connectivity index (χ1n) is 6.11. The molecule has 0 aliphatic carbocycles. The van der Waals surface area contributed by atoms with Crippen LogP contribution in [0.2, 0.25) is 0 Å². The molecule has 0 spiro atoms. The van der Waals surface area contributed by atoms with E-state index in [2.05, 4.69) is 53.2 Å². The number of aromatic nitrogens is 2. The number of nitrogens with zero attached hydrogens (tertiary/aromatic N) is 2.